The number of fused-ring (bicyclic) bond motifs is 1. The lowest BCUT2D eigenvalue weighted by Crippen LogP contribution is -1.81. The van der Waals surface area contributed by atoms with Crippen molar-refractivity contribution in [3.05, 3.63) is 88.4 Å². The maximum absolute atomic E-state index is 4.74. The summed E-state index contributed by atoms with van der Waals surface area (Å²) in [7, 11) is 0. The van der Waals surface area contributed by atoms with Gasteiger partial charge in [0.25, 0.3) is 0 Å². The summed E-state index contributed by atoms with van der Waals surface area (Å²) in [6, 6.07) is 25.0. The lowest BCUT2D eigenvalue weighted by atomic mass is 10.1. The van der Waals surface area contributed by atoms with E-state index in [9.17, 15) is 0 Å². The highest BCUT2D eigenvalue weighted by Gasteiger charge is 2.09. The van der Waals surface area contributed by atoms with Crippen molar-refractivity contribution in [2.45, 2.75) is 0 Å². The summed E-state index contributed by atoms with van der Waals surface area (Å²) < 4.78 is 2.28. The second-order valence-electron chi connectivity index (χ2n) is 5.47. The van der Waals surface area contributed by atoms with Crippen LogP contribution in [0.15, 0.2) is 77.3 Å². The lowest BCUT2D eigenvalue weighted by molar-refractivity contribution is 1.46. The van der Waals surface area contributed by atoms with Gasteiger partial charge in [0, 0.05) is 10.0 Å². The van der Waals surface area contributed by atoms with Gasteiger partial charge in [-0.3, -0.25) is 0 Å². The summed E-state index contributed by atoms with van der Waals surface area (Å²) in [4.78, 5) is 4.74. The van der Waals surface area contributed by atoms with Gasteiger partial charge in [-0.05, 0) is 29.3 Å². The average Bonchev–Trinajstić information content (AvgIpc) is 3.04. The zero-order valence-corrected chi connectivity index (χ0v) is 15.2. The van der Waals surface area contributed by atoms with E-state index in [0.717, 1.165) is 26.1 Å². The van der Waals surface area contributed by atoms with E-state index in [1.807, 2.05) is 24.3 Å². The highest BCUT2D eigenvalue weighted by Crippen LogP contribution is 2.35. The Labute approximate surface area is 153 Å². The quantitative estimate of drug-likeness (QED) is 0.346. The molecule has 4 rings (SSSR count). The topological polar surface area (TPSA) is 12.9 Å². The van der Waals surface area contributed by atoms with Crippen molar-refractivity contribution in [1.82, 2.24) is 4.98 Å². The molecule has 0 N–H and O–H groups in total. The summed E-state index contributed by atoms with van der Waals surface area (Å²) in [5.41, 5.74) is 4.55. The summed E-state index contributed by atoms with van der Waals surface area (Å²) in [5, 5.41) is 1.04. The summed E-state index contributed by atoms with van der Waals surface area (Å²) in [5.74, 6) is 0. The highest BCUT2D eigenvalue weighted by molar-refractivity contribution is 9.10. The second-order valence-corrected chi connectivity index (χ2v) is 7.36. The van der Waals surface area contributed by atoms with Crippen molar-refractivity contribution >= 4 is 49.6 Å². The van der Waals surface area contributed by atoms with Crippen LogP contribution in [0.5, 0.6) is 0 Å². The Kier molecular flexibility index (Phi) is 4.28. The van der Waals surface area contributed by atoms with E-state index < -0.39 is 0 Å². The lowest BCUT2D eigenvalue weighted by Gasteiger charge is -2.02. The normalized spacial score (nSPS) is 11.4. The standard InChI is InChI=1S/C21H14BrNS/c22-18-14-16(11-10-15-6-2-1-3-7-15)12-13-17(18)21-23-19-8-4-5-9-20(19)24-21/h1-14H. The van der Waals surface area contributed by atoms with Gasteiger partial charge >= 0.3 is 0 Å². The van der Waals surface area contributed by atoms with Gasteiger partial charge in [0.15, 0.2) is 0 Å². The van der Waals surface area contributed by atoms with Crippen LogP contribution in [0, 0.1) is 0 Å². The van der Waals surface area contributed by atoms with Gasteiger partial charge in [-0.1, -0.05) is 82.7 Å². The third-order valence-electron chi connectivity index (χ3n) is 3.79. The fourth-order valence-corrected chi connectivity index (χ4v) is 4.27. The number of benzene rings is 3. The minimum absolute atomic E-state index is 1.04. The van der Waals surface area contributed by atoms with Crippen molar-refractivity contribution in [2.75, 3.05) is 0 Å². The Morgan fingerprint density at radius 1 is 0.792 bits per heavy atom. The smallest absolute Gasteiger partial charge is 0.125 e. The Bertz CT molecular complexity index is 985. The molecular weight excluding hydrogens is 378 g/mol. The first-order valence-corrected chi connectivity index (χ1v) is 9.29. The highest BCUT2D eigenvalue weighted by atomic mass is 79.9. The molecule has 0 aliphatic heterocycles. The van der Waals surface area contributed by atoms with Gasteiger partial charge in [-0.25, -0.2) is 4.98 Å². The van der Waals surface area contributed by atoms with Gasteiger partial charge in [-0.15, -0.1) is 11.3 Å². The van der Waals surface area contributed by atoms with E-state index in [0.29, 0.717) is 0 Å². The molecule has 0 aliphatic carbocycles. The number of rotatable bonds is 3. The molecular formula is C21H14BrNS. The van der Waals surface area contributed by atoms with Gasteiger partial charge in [0.2, 0.25) is 0 Å². The molecule has 0 radical (unpaired) electrons. The van der Waals surface area contributed by atoms with Crippen LogP contribution in [0.1, 0.15) is 11.1 Å². The first-order chi connectivity index (χ1) is 11.8. The van der Waals surface area contributed by atoms with E-state index in [-0.39, 0.29) is 0 Å². The molecule has 0 spiro atoms. The van der Waals surface area contributed by atoms with Crippen LogP contribution in [0.25, 0.3) is 32.9 Å². The van der Waals surface area contributed by atoms with E-state index >= 15 is 0 Å². The first-order valence-electron chi connectivity index (χ1n) is 7.68. The zero-order chi connectivity index (χ0) is 16.4. The molecule has 3 aromatic carbocycles. The Balaban J connectivity index is 1.65. The van der Waals surface area contributed by atoms with Crippen LogP contribution in [-0.2, 0) is 0 Å². The molecule has 1 heterocycles. The fraction of sp³-hybridized carbons (Fsp3) is 0. The van der Waals surface area contributed by atoms with Crippen LogP contribution >= 0.6 is 27.3 Å². The minimum Gasteiger partial charge on any atom is -0.236 e. The Hall–Kier alpha value is -2.23. The predicted molar refractivity (Wildman–Crippen MR) is 108 cm³/mol. The van der Waals surface area contributed by atoms with E-state index in [4.69, 9.17) is 4.98 Å². The van der Waals surface area contributed by atoms with Crippen LogP contribution < -0.4 is 0 Å². The van der Waals surface area contributed by atoms with Gasteiger partial charge in [-0.2, -0.15) is 0 Å². The molecule has 4 aromatic rings. The predicted octanol–water partition coefficient (Wildman–Crippen LogP) is 6.90. The molecule has 0 amide bonds. The van der Waals surface area contributed by atoms with Gasteiger partial charge in [0.1, 0.15) is 5.01 Å². The SMILES string of the molecule is Brc1cc(C=Cc2ccccc2)ccc1-c1nc2ccccc2s1. The molecule has 0 atom stereocenters. The second kappa shape index (κ2) is 6.71. The molecule has 0 bridgehead atoms. The van der Waals surface area contributed by atoms with Crippen LogP contribution in [0.3, 0.4) is 0 Å². The number of nitrogens with zero attached hydrogens (tertiary/aromatic N) is 1. The zero-order valence-electron chi connectivity index (χ0n) is 12.8. The van der Waals surface area contributed by atoms with E-state index in [2.05, 4.69) is 76.6 Å². The summed E-state index contributed by atoms with van der Waals surface area (Å²) in [6.07, 6.45) is 4.25. The largest absolute Gasteiger partial charge is 0.236 e. The van der Waals surface area contributed by atoms with Crippen LogP contribution in [-0.4, -0.2) is 4.98 Å². The van der Waals surface area contributed by atoms with Crippen molar-refractivity contribution in [2.24, 2.45) is 0 Å². The molecule has 0 unspecified atom stereocenters. The molecule has 0 fully saturated rings. The van der Waals surface area contributed by atoms with Crippen molar-refractivity contribution in [1.29, 1.82) is 0 Å². The molecule has 116 valence electrons. The van der Waals surface area contributed by atoms with Gasteiger partial charge < -0.3 is 0 Å². The number of halogens is 1. The Morgan fingerprint density at radius 3 is 2.33 bits per heavy atom. The Morgan fingerprint density at radius 2 is 1.54 bits per heavy atom. The number of hydrogen-bond acceptors (Lipinski definition) is 2. The number of hydrogen-bond donors (Lipinski definition) is 0. The number of thiazole rings is 1. The maximum Gasteiger partial charge on any atom is 0.125 e. The van der Waals surface area contributed by atoms with E-state index in [1.165, 1.54) is 10.3 Å². The molecule has 0 saturated heterocycles. The monoisotopic (exact) mass is 391 g/mol. The van der Waals surface area contributed by atoms with Crippen LogP contribution in [0.4, 0.5) is 0 Å². The third kappa shape index (κ3) is 3.18. The first kappa shape index (κ1) is 15.3. The fourth-order valence-electron chi connectivity index (χ4n) is 2.55. The van der Waals surface area contributed by atoms with Crippen molar-refractivity contribution < 1.29 is 0 Å². The van der Waals surface area contributed by atoms with Crippen molar-refractivity contribution in [3.8, 4) is 10.6 Å². The molecule has 0 saturated carbocycles. The van der Waals surface area contributed by atoms with E-state index in [1.54, 1.807) is 11.3 Å². The van der Waals surface area contributed by atoms with Crippen molar-refractivity contribution in [3.63, 3.8) is 0 Å². The molecule has 0 aliphatic rings. The summed E-state index contributed by atoms with van der Waals surface area (Å²) in [6.45, 7) is 0. The minimum atomic E-state index is 1.04. The third-order valence-corrected chi connectivity index (χ3v) is 5.51. The summed E-state index contributed by atoms with van der Waals surface area (Å²) >= 11 is 5.42. The maximum atomic E-state index is 4.74. The molecule has 1 nitrogen and oxygen atoms in total. The molecule has 3 heteroatoms. The van der Waals surface area contributed by atoms with Gasteiger partial charge in [0.05, 0.1) is 10.2 Å². The molecule has 1 aromatic heterocycles. The average molecular weight is 392 g/mol. The van der Waals surface area contributed by atoms with Crippen LogP contribution in [0.2, 0.25) is 0 Å². The molecule has 24 heavy (non-hydrogen) atoms. The number of para-hydroxylation sites is 1. The number of aromatic nitrogens is 1.